The summed E-state index contributed by atoms with van der Waals surface area (Å²) in [5, 5.41) is 0. The largest absolute Gasteiger partial charge is 0.465 e. The molecule has 0 saturated carbocycles. The van der Waals surface area contributed by atoms with Gasteiger partial charge in [-0.25, -0.2) is 0 Å². The molecule has 2 aliphatic rings. The standard InChI is InChI=1S/C10H10O2/c1-2-4-8-7(3-1)9-5-6-10(11-8)12-9/h1-4,9-10H,5-6H2. The molecule has 0 radical (unpaired) electrons. The van der Waals surface area contributed by atoms with Crippen LogP contribution >= 0.6 is 0 Å². The van der Waals surface area contributed by atoms with E-state index in [4.69, 9.17) is 9.47 Å². The molecule has 2 nitrogen and oxygen atoms in total. The van der Waals surface area contributed by atoms with Crippen molar-refractivity contribution >= 4 is 0 Å². The molecule has 0 amide bonds. The molecule has 1 aromatic rings. The Morgan fingerprint density at radius 2 is 2.08 bits per heavy atom. The summed E-state index contributed by atoms with van der Waals surface area (Å²) in [5.41, 5.74) is 1.21. The summed E-state index contributed by atoms with van der Waals surface area (Å²) in [7, 11) is 0. The lowest BCUT2D eigenvalue weighted by molar-refractivity contribution is -0.0932. The molecule has 1 aromatic carbocycles. The van der Waals surface area contributed by atoms with Crippen molar-refractivity contribution in [2.75, 3.05) is 0 Å². The van der Waals surface area contributed by atoms with Crippen molar-refractivity contribution in [1.82, 2.24) is 0 Å². The van der Waals surface area contributed by atoms with Crippen molar-refractivity contribution in [3.63, 3.8) is 0 Å². The van der Waals surface area contributed by atoms with Crippen LogP contribution in [0, 0.1) is 0 Å². The highest BCUT2D eigenvalue weighted by atomic mass is 16.7. The van der Waals surface area contributed by atoms with E-state index in [0.29, 0.717) is 6.10 Å². The molecule has 2 heteroatoms. The monoisotopic (exact) mass is 162 g/mol. The van der Waals surface area contributed by atoms with Crippen molar-refractivity contribution in [1.29, 1.82) is 0 Å². The van der Waals surface area contributed by atoms with Gasteiger partial charge in [0.15, 0.2) is 0 Å². The topological polar surface area (TPSA) is 18.5 Å². The predicted molar refractivity (Wildman–Crippen MR) is 43.9 cm³/mol. The summed E-state index contributed by atoms with van der Waals surface area (Å²) in [6, 6.07) is 8.14. The van der Waals surface area contributed by atoms with Crippen LogP contribution in [0.5, 0.6) is 5.75 Å². The summed E-state index contributed by atoms with van der Waals surface area (Å²) >= 11 is 0. The van der Waals surface area contributed by atoms with Gasteiger partial charge in [0.05, 0.1) is 6.10 Å². The SMILES string of the molecule is c1ccc2c(c1)OC1CCC2O1. The first-order valence-electron chi connectivity index (χ1n) is 4.34. The Hall–Kier alpha value is -1.02. The Balaban J connectivity index is 2.13. The summed E-state index contributed by atoms with van der Waals surface area (Å²) in [5.74, 6) is 1.01. The summed E-state index contributed by atoms with van der Waals surface area (Å²) in [4.78, 5) is 0. The van der Waals surface area contributed by atoms with Crippen LogP contribution in [0.3, 0.4) is 0 Å². The van der Waals surface area contributed by atoms with Gasteiger partial charge < -0.3 is 9.47 Å². The summed E-state index contributed by atoms with van der Waals surface area (Å²) in [6.07, 6.45) is 2.44. The lowest BCUT2D eigenvalue weighted by Crippen LogP contribution is -2.20. The molecule has 2 heterocycles. The van der Waals surface area contributed by atoms with Gasteiger partial charge in [-0.2, -0.15) is 0 Å². The minimum atomic E-state index is 0.0184. The van der Waals surface area contributed by atoms with Crippen molar-refractivity contribution in [2.24, 2.45) is 0 Å². The molecular weight excluding hydrogens is 152 g/mol. The van der Waals surface area contributed by atoms with E-state index in [0.717, 1.165) is 18.6 Å². The number of rotatable bonds is 0. The predicted octanol–water partition coefficient (Wildman–Crippen LogP) is 2.26. The molecule has 62 valence electrons. The van der Waals surface area contributed by atoms with E-state index >= 15 is 0 Å². The highest BCUT2D eigenvalue weighted by molar-refractivity contribution is 5.37. The first-order chi connectivity index (χ1) is 5.93. The number of hydrogen-bond donors (Lipinski definition) is 0. The molecule has 12 heavy (non-hydrogen) atoms. The van der Waals surface area contributed by atoms with Crippen LogP contribution in [0.4, 0.5) is 0 Å². The van der Waals surface area contributed by atoms with Gasteiger partial charge in [0.1, 0.15) is 5.75 Å². The van der Waals surface area contributed by atoms with Crippen LogP contribution in [0.25, 0.3) is 0 Å². The van der Waals surface area contributed by atoms with Gasteiger partial charge in [0.25, 0.3) is 0 Å². The van der Waals surface area contributed by atoms with Gasteiger partial charge in [0, 0.05) is 12.0 Å². The van der Waals surface area contributed by atoms with Gasteiger partial charge in [0.2, 0.25) is 6.29 Å². The average molecular weight is 162 g/mol. The van der Waals surface area contributed by atoms with Crippen LogP contribution in [-0.4, -0.2) is 6.29 Å². The van der Waals surface area contributed by atoms with Crippen molar-refractivity contribution < 1.29 is 9.47 Å². The number of benzene rings is 1. The number of hydrogen-bond acceptors (Lipinski definition) is 2. The lowest BCUT2D eigenvalue weighted by atomic mass is 10.1. The quantitative estimate of drug-likeness (QED) is 0.582. The summed E-state index contributed by atoms with van der Waals surface area (Å²) in [6.45, 7) is 0. The van der Waals surface area contributed by atoms with Gasteiger partial charge in [-0.05, 0) is 12.5 Å². The number of fused-ring (bicyclic) bond motifs is 4. The second-order valence-electron chi connectivity index (χ2n) is 3.29. The van der Waals surface area contributed by atoms with E-state index in [1.807, 2.05) is 18.2 Å². The zero-order valence-electron chi connectivity index (χ0n) is 6.69. The van der Waals surface area contributed by atoms with Crippen molar-refractivity contribution in [2.45, 2.75) is 25.2 Å². The lowest BCUT2D eigenvalue weighted by Gasteiger charge is -2.24. The third kappa shape index (κ3) is 0.786. The van der Waals surface area contributed by atoms with Crippen LogP contribution in [-0.2, 0) is 4.74 Å². The number of ether oxygens (including phenoxy) is 2. The van der Waals surface area contributed by atoms with E-state index < -0.39 is 0 Å². The highest BCUT2D eigenvalue weighted by Gasteiger charge is 2.34. The first kappa shape index (κ1) is 6.49. The zero-order chi connectivity index (χ0) is 7.97. The maximum Gasteiger partial charge on any atom is 0.200 e. The maximum atomic E-state index is 5.60. The van der Waals surface area contributed by atoms with Crippen LogP contribution < -0.4 is 4.74 Å². The fourth-order valence-corrected chi connectivity index (χ4v) is 1.92. The van der Waals surface area contributed by atoms with Crippen LogP contribution in [0.15, 0.2) is 24.3 Å². The second kappa shape index (κ2) is 2.23. The molecule has 2 aliphatic heterocycles. The molecule has 1 fully saturated rings. The Bertz CT molecular complexity index is 308. The van der Waals surface area contributed by atoms with Crippen LogP contribution in [0.1, 0.15) is 24.5 Å². The van der Waals surface area contributed by atoms with E-state index in [-0.39, 0.29) is 6.29 Å². The van der Waals surface area contributed by atoms with E-state index in [1.54, 1.807) is 0 Å². The molecular formula is C10H10O2. The van der Waals surface area contributed by atoms with Gasteiger partial charge >= 0.3 is 0 Å². The molecule has 0 spiro atoms. The maximum absolute atomic E-state index is 5.60. The third-order valence-corrected chi connectivity index (χ3v) is 2.50. The zero-order valence-corrected chi connectivity index (χ0v) is 6.69. The highest BCUT2D eigenvalue weighted by Crippen LogP contribution is 2.42. The van der Waals surface area contributed by atoms with Gasteiger partial charge in [-0.1, -0.05) is 18.2 Å². The van der Waals surface area contributed by atoms with Gasteiger partial charge in [-0.3, -0.25) is 0 Å². The first-order valence-corrected chi connectivity index (χ1v) is 4.34. The van der Waals surface area contributed by atoms with Crippen molar-refractivity contribution in [3.8, 4) is 5.75 Å². The molecule has 2 bridgehead atoms. The molecule has 0 aromatic heterocycles. The normalized spacial score (nSPS) is 31.0. The van der Waals surface area contributed by atoms with Crippen LogP contribution in [0.2, 0.25) is 0 Å². The molecule has 2 unspecified atom stereocenters. The third-order valence-electron chi connectivity index (χ3n) is 2.50. The van der Waals surface area contributed by atoms with Crippen molar-refractivity contribution in [3.05, 3.63) is 29.8 Å². The minimum Gasteiger partial charge on any atom is -0.465 e. The average Bonchev–Trinajstić information content (AvgIpc) is 2.49. The number of para-hydroxylation sites is 1. The minimum absolute atomic E-state index is 0.0184. The fraction of sp³-hybridized carbons (Fsp3) is 0.400. The molecule has 0 N–H and O–H groups in total. The fourth-order valence-electron chi connectivity index (χ4n) is 1.92. The Morgan fingerprint density at radius 1 is 1.17 bits per heavy atom. The van der Waals surface area contributed by atoms with Gasteiger partial charge in [-0.15, -0.1) is 0 Å². The second-order valence-corrected chi connectivity index (χ2v) is 3.29. The Morgan fingerprint density at radius 3 is 3.08 bits per heavy atom. The summed E-state index contributed by atoms with van der Waals surface area (Å²) < 4.78 is 11.2. The van der Waals surface area contributed by atoms with E-state index in [9.17, 15) is 0 Å². The smallest absolute Gasteiger partial charge is 0.200 e. The Kier molecular flexibility index (Phi) is 1.21. The van der Waals surface area contributed by atoms with E-state index in [2.05, 4.69) is 6.07 Å². The molecule has 2 atom stereocenters. The molecule has 0 aliphatic carbocycles. The molecule has 1 saturated heterocycles. The molecule has 3 rings (SSSR count). The Labute approximate surface area is 71.1 Å². The van der Waals surface area contributed by atoms with E-state index in [1.165, 1.54) is 5.56 Å².